The highest BCUT2D eigenvalue weighted by Crippen LogP contribution is 2.32. The Hall–Kier alpha value is -2.64. The third kappa shape index (κ3) is 2.51. The van der Waals surface area contributed by atoms with E-state index >= 15 is 0 Å². The maximum Gasteiger partial charge on any atom is 0.246 e. The molecule has 0 aliphatic carbocycles. The summed E-state index contributed by atoms with van der Waals surface area (Å²) in [6, 6.07) is 14.8. The minimum Gasteiger partial charge on any atom is -0.437 e. The van der Waals surface area contributed by atoms with Gasteiger partial charge in [0, 0.05) is 10.8 Å². The Morgan fingerprint density at radius 3 is 2.62 bits per heavy atom. The molecule has 3 rings (SSSR count). The van der Waals surface area contributed by atoms with Crippen molar-refractivity contribution in [2.45, 2.75) is 6.92 Å². The molecule has 0 spiro atoms. The van der Waals surface area contributed by atoms with Crippen molar-refractivity contribution in [1.82, 2.24) is 10.2 Å². The Morgan fingerprint density at radius 1 is 1.10 bits per heavy atom. The standard InChI is InChI=1S/C16H10ClN3O/c1-10-6-7-11(9-18)8-14(10)21-16-13-5-3-2-4-12(13)15(17)19-20-16/h2-8H,1H3. The number of aromatic nitrogens is 2. The predicted octanol–water partition coefficient (Wildman–Crippen LogP) is 4.26. The van der Waals surface area contributed by atoms with E-state index < -0.39 is 0 Å². The van der Waals surface area contributed by atoms with E-state index in [0.29, 0.717) is 22.3 Å². The van der Waals surface area contributed by atoms with Gasteiger partial charge in [0.1, 0.15) is 5.75 Å². The summed E-state index contributed by atoms with van der Waals surface area (Å²) < 4.78 is 5.84. The summed E-state index contributed by atoms with van der Waals surface area (Å²) in [4.78, 5) is 0. The molecular weight excluding hydrogens is 286 g/mol. The molecule has 0 saturated carbocycles. The maximum absolute atomic E-state index is 8.98. The van der Waals surface area contributed by atoms with Crippen molar-refractivity contribution in [3.63, 3.8) is 0 Å². The topological polar surface area (TPSA) is 58.8 Å². The van der Waals surface area contributed by atoms with Crippen LogP contribution in [0, 0.1) is 18.3 Å². The van der Waals surface area contributed by atoms with Crippen molar-refractivity contribution in [2.24, 2.45) is 0 Å². The molecule has 0 saturated heterocycles. The number of aryl methyl sites for hydroxylation is 1. The van der Waals surface area contributed by atoms with E-state index in [-0.39, 0.29) is 0 Å². The van der Waals surface area contributed by atoms with Gasteiger partial charge in [-0.15, -0.1) is 10.2 Å². The number of ether oxygens (including phenoxy) is 1. The third-order valence-electron chi connectivity index (χ3n) is 3.13. The highest BCUT2D eigenvalue weighted by Gasteiger charge is 2.11. The van der Waals surface area contributed by atoms with Gasteiger partial charge in [-0.1, -0.05) is 35.9 Å². The molecule has 1 aromatic heterocycles. The fourth-order valence-electron chi connectivity index (χ4n) is 2.01. The van der Waals surface area contributed by atoms with E-state index in [1.54, 1.807) is 12.1 Å². The molecule has 1 heterocycles. The number of nitrogens with zero attached hydrogens (tertiary/aromatic N) is 3. The first-order chi connectivity index (χ1) is 10.2. The highest BCUT2D eigenvalue weighted by atomic mass is 35.5. The zero-order chi connectivity index (χ0) is 14.8. The van der Waals surface area contributed by atoms with Gasteiger partial charge in [0.25, 0.3) is 0 Å². The van der Waals surface area contributed by atoms with Gasteiger partial charge in [-0.25, -0.2) is 0 Å². The second kappa shape index (κ2) is 5.39. The monoisotopic (exact) mass is 295 g/mol. The molecule has 21 heavy (non-hydrogen) atoms. The summed E-state index contributed by atoms with van der Waals surface area (Å²) in [6.07, 6.45) is 0. The van der Waals surface area contributed by atoms with Gasteiger partial charge in [0.2, 0.25) is 5.88 Å². The lowest BCUT2D eigenvalue weighted by Gasteiger charge is -2.10. The maximum atomic E-state index is 8.98. The van der Waals surface area contributed by atoms with Crippen LogP contribution < -0.4 is 4.74 Å². The van der Waals surface area contributed by atoms with Gasteiger partial charge >= 0.3 is 0 Å². The molecule has 0 radical (unpaired) electrons. The SMILES string of the molecule is Cc1ccc(C#N)cc1Oc1nnc(Cl)c2ccccc12. The molecule has 3 aromatic rings. The third-order valence-corrected chi connectivity index (χ3v) is 3.41. The van der Waals surface area contributed by atoms with E-state index in [0.717, 1.165) is 16.3 Å². The van der Waals surface area contributed by atoms with E-state index in [1.165, 1.54) is 0 Å². The lowest BCUT2D eigenvalue weighted by atomic mass is 10.1. The molecule has 0 unspecified atom stereocenters. The Morgan fingerprint density at radius 2 is 1.86 bits per heavy atom. The molecule has 0 aliphatic rings. The summed E-state index contributed by atoms with van der Waals surface area (Å²) in [6.45, 7) is 1.90. The zero-order valence-electron chi connectivity index (χ0n) is 11.2. The molecular formula is C16H10ClN3O. The van der Waals surface area contributed by atoms with Crippen LogP contribution in [0.2, 0.25) is 5.15 Å². The highest BCUT2D eigenvalue weighted by molar-refractivity contribution is 6.34. The first-order valence-corrected chi connectivity index (χ1v) is 6.66. The second-order valence-electron chi connectivity index (χ2n) is 4.54. The minimum atomic E-state index is 0.334. The average Bonchev–Trinajstić information content (AvgIpc) is 2.52. The Labute approximate surface area is 126 Å². The molecule has 0 N–H and O–H groups in total. The van der Waals surface area contributed by atoms with Crippen molar-refractivity contribution >= 4 is 22.4 Å². The van der Waals surface area contributed by atoms with Crippen molar-refractivity contribution in [3.8, 4) is 17.7 Å². The van der Waals surface area contributed by atoms with Gasteiger partial charge in [0.15, 0.2) is 5.15 Å². The average molecular weight is 296 g/mol. The van der Waals surface area contributed by atoms with E-state index in [2.05, 4.69) is 16.3 Å². The summed E-state index contributed by atoms with van der Waals surface area (Å²) in [5.74, 6) is 0.948. The van der Waals surface area contributed by atoms with Crippen molar-refractivity contribution < 1.29 is 4.74 Å². The second-order valence-corrected chi connectivity index (χ2v) is 4.89. The van der Waals surface area contributed by atoms with Crippen LogP contribution in [0.15, 0.2) is 42.5 Å². The first-order valence-electron chi connectivity index (χ1n) is 6.28. The number of fused-ring (bicyclic) bond motifs is 1. The number of halogens is 1. The van der Waals surface area contributed by atoms with Crippen LogP contribution in [0.5, 0.6) is 11.6 Å². The predicted molar refractivity (Wildman–Crippen MR) is 80.5 cm³/mol. The molecule has 0 bridgehead atoms. The number of hydrogen-bond donors (Lipinski definition) is 0. The Bertz CT molecular complexity index is 871. The largest absolute Gasteiger partial charge is 0.437 e. The summed E-state index contributed by atoms with van der Waals surface area (Å²) in [5, 5.41) is 18.8. The zero-order valence-corrected chi connectivity index (χ0v) is 11.9. The normalized spacial score (nSPS) is 10.3. The van der Waals surface area contributed by atoms with Crippen molar-refractivity contribution in [3.05, 3.63) is 58.7 Å². The molecule has 2 aromatic carbocycles. The van der Waals surface area contributed by atoms with E-state index in [4.69, 9.17) is 21.6 Å². The molecule has 0 atom stereocenters. The van der Waals surface area contributed by atoms with Crippen molar-refractivity contribution in [2.75, 3.05) is 0 Å². The molecule has 102 valence electrons. The van der Waals surface area contributed by atoms with Gasteiger partial charge in [-0.2, -0.15) is 5.26 Å². The first kappa shape index (κ1) is 13.3. The molecule has 4 nitrogen and oxygen atoms in total. The van der Waals surface area contributed by atoms with Crippen LogP contribution in [-0.4, -0.2) is 10.2 Å². The van der Waals surface area contributed by atoms with Gasteiger partial charge in [-0.05, 0) is 30.7 Å². The molecule has 5 heteroatoms. The number of rotatable bonds is 2. The summed E-state index contributed by atoms with van der Waals surface area (Å²) >= 11 is 6.04. The number of nitriles is 1. The fourth-order valence-corrected chi connectivity index (χ4v) is 2.21. The van der Waals surface area contributed by atoms with Crippen LogP contribution >= 0.6 is 11.6 Å². The quantitative estimate of drug-likeness (QED) is 0.709. The van der Waals surface area contributed by atoms with Gasteiger partial charge in [-0.3, -0.25) is 0 Å². The Balaban J connectivity index is 2.11. The van der Waals surface area contributed by atoms with Crippen LogP contribution in [0.4, 0.5) is 0 Å². The number of benzene rings is 2. The molecule has 0 fully saturated rings. The van der Waals surface area contributed by atoms with Gasteiger partial charge in [0.05, 0.1) is 11.6 Å². The van der Waals surface area contributed by atoms with Crippen LogP contribution in [0.3, 0.4) is 0 Å². The Kier molecular flexibility index (Phi) is 3.43. The lowest BCUT2D eigenvalue weighted by molar-refractivity contribution is 0.458. The van der Waals surface area contributed by atoms with E-state index in [9.17, 15) is 0 Å². The van der Waals surface area contributed by atoms with Gasteiger partial charge < -0.3 is 4.74 Å². The lowest BCUT2D eigenvalue weighted by Crippen LogP contribution is -1.95. The summed E-state index contributed by atoms with van der Waals surface area (Å²) in [5.41, 5.74) is 1.44. The minimum absolute atomic E-state index is 0.334. The number of hydrogen-bond acceptors (Lipinski definition) is 4. The van der Waals surface area contributed by atoms with Crippen LogP contribution in [0.1, 0.15) is 11.1 Å². The van der Waals surface area contributed by atoms with Crippen LogP contribution in [0.25, 0.3) is 10.8 Å². The van der Waals surface area contributed by atoms with Crippen molar-refractivity contribution in [1.29, 1.82) is 5.26 Å². The van der Waals surface area contributed by atoms with Crippen LogP contribution in [-0.2, 0) is 0 Å². The molecule has 0 aliphatic heterocycles. The summed E-state index contributed by atoms with van der Waals surface area (Å²) in [7, 11) is 0. The smallest absolute Gasteiger partial charge is 0.246 e. The van der Waals surface area contributed by atoms with E-state index in [1.807, 2.05) is 37.3 Å². The molecule has 0 amide bonds. The fraction of sp³-hybridized carbons (Fsp3) is 0.0625.